The minimum absolute atomic E-state index is 0.172. The van der Waals surface area contributed by atoms with E-state index in [0.29, 0.717) is 6.54 Å². The molecule has 0 saturated carbocycles. The Hall–Kier alpha value is -2.26. The molecule has 170 valence electrons. The van der Waals surface area contributed by atoms with Gasteiger partial charge < -0.3 is 9.88 Å². The van der Waals surface area contributed by atoms with Crippen LogP contribution in [0.15, 0.2) is 23.1 Å². The molecule has 2 aromatic rings. The first-order valence-electron chi connectivity index (χ1n) is 11.0. The molecule has 2 heterocycles. The fraction of sp³-hybridized carbons (Fsp3) is 0.591. The summed E-state index contributed by atoms with van der Waals surface area (Å²) in [7, 11) is -3.80. The molecular weight excluding hydrogens is 414 g/mol. The van der Waals surface area contributed by atoms with Gasteiger partial charge in [-0.05, 0) is 62.3 Å². The minimum Gasteiger partial charge on any atom is -0.355 e. The van der Waals surface area contributed by atoms with Gasteiger partial charge in [0.05, 0.1) is 4.90 Å². The third-order valence-electron chi connectivity index (χ3n) is 5.83. The summed E-state index contributed by atoms with van der Waals surface area (Å²) in [5.74, 6) is 1.50. The van der Waals surface area contributed by atoms with Crippen molar-refractivity contribution in [2.24, 2.45) is 5.92 Å². The number of rotatable bonds is 9. The van der Waals surface area contributed by atoms with Crippen molar-refractivity contribution < 1.29 is 13.2 Å². The van der Waals surface area contributed by atoms with Gasteiger partial charge in [0.2, 0.25) is 15.9 Å². The second kappa shape index (κ2) is 9.91. The fourth-order valence-corrected chi connectivity index (χ4v) is 5.16. The van der Waals surface area contributed by atoms with Gasteiger partial charge in [-0.3, -0.25) is 4.79 Å². The minimum atomic E-state index is -3.80. The molecule has 0 bridgehead atoms. The molecule has 1 aliphatic rings. The predicted molar refractivity (Wildman–Crippen MR) is 119 cm³/mol. The van der Waals surface area contributed by atoms with Crippen LogP contribution in [-0.4, -0.2) is 41.7 Å². The molecule has 3 rings (SSSR count). The molecule has 0 saturated heterocycles. The first-order chi connectivity index (χ1) is 14.7. The third kappa shape index (κ3) is 5.71. The van der Waals surface area contributed by atoms with Crippen LogP contribution in [0.4, 0.5) is 0 Å². The highest BCUT2D eigenvalue weighted by Gasteiger charge is 2.28. The quantitative estimate of drug-likeness (QED) is 0.574. The Bertz CT molecular complexity index is 1030. The number of carbonyl (C=O) groups excluding carboxylic acids is 1. The van der Waals surface area contributed by atoms with E-state index in [4.69, 9.17) is 0 Å². The molecular formula is C22H33N5O3S. The van der Waals surface area contributed by atoms with Crippen LogP contribution in [0.25, 0.3) is 0 Å². The van der Waals surface area contributed by atoms with Crippen LogP contribution in [0.2, 0.25) is 0 Å². The molecule has 1 aliphatic heterocycles. The van der Waals surface area contributed by atoms with Crippen molar-refractivity contribution in [2.75, 3.05) is 6.54 Å². The molecule has 1 aromatic heterocycles. The molecule has 0 unspecified atom stereocenters. The SMILES string of the molecule is Cc1ccc(S(=O)(=O)N[C@@H](C(=O)NCCCc2nnc3n2CCCC3)C(C)C)cc1C. The molecule has 31 heavy (non-hydrogen) atoms. The number of carbonyl (C=O) groups is 1. The lowest BCUT2D eigenvalue weighted by Crippen LogP contribution is -2.49. The van der Waals surface area contributed by atoms with E-state index in [1.165, 1.54) is 0 Å². The van der Waals surface area contributed by atoms with Gasteiger partial charge in [0, 0.05) is 25.9 Å². The molecule has 0 spiro atoms. The summed E-state index contributed by atoms with van der Waals surface area (Å²) in [6.07, 6.45) is 4.72. The predicted octanol–water partition coefficient (Wildman–Crippen LogP) is 2.28. The molecule has 9 heteroatoms. The zero-order chi connectivity index (χ0) is 22.6. The highest BCUT2D eigenvalue weighted by atomic mass is 32.2. The Morgan fingerprint density at radius 1 is 1.16 bits per heavy atom. The number of benzene rings is 1. The summed E-state index contributed by atoms with van der Waals surface area (Å²) in [5, 5.41) is 11.4. The van der Waals surface area contributed by atoms with Crippen LogP contribution in [0.5, 0.6) is 0 Å². The Balaban J connectivity index is 1.56. The number of nitrogens with zero attached hydrogens (tertiary/aromatic N) is 3. The summed E-state index contributed by atoms with van der Waals surface area (Å²) in [4.78, 5) is 12.9. The summed E-state index contributed by atoms with van der Waals surface area (Å²) in [5.41, 5.74) is 1.91. The van der Waals surface area contributed by atoms with Crippen LogP contribution in [0, 0.1) is 19.8 Å². The molecule has 1 atom stereocenters. The lowest BCUT2D eigenvalue weighted by molar-refractivity contribution is -0.123. The van der Waals surface area contributed by atoms with Gasteiger partial charge in [0.25, 0.3) is 0 Å². The maximum absolute atomic E-state index is 12.8. The summed E-state index contributed by atoms with van der Waals surface area (Å²) in [6, 6.07) is 4.13. The van der Waals surface area contributed by atoms with Gasteiger partial charge in [-0.25, -0.2) is 8.42 Å². The molecule has 0 aliphatic carbocycles. The van der Waals surface area contributed by atoms with Crippen LogP contribution in [0.1, 0.15) is 55.9 Å². The maximum atomic E-state index is 12.8. The number of amides is 1. The van der Waals surface area contributed by atoms with E-state index >= 15 is 0 Å². The van der Waals surface area contributed by atoms with Gasteiger partial charge in [-0.1, -0.05) is 19.9 Å². The first kappa shape index (κ1) is 23.4. The van der Waals surface area contributed by atoms with E-state index in [1.807, 2.05) is 27.7 Å². The van der Waals surface area contributed by atoms with Crippen molar-refractivity contribution in [2.45, 2.75) is 77.3 Å². The van der Waals surface area contributed by atoms with E-state index in [1.54, 1.807) is 18.2 Å². The topological polar surface area (TPSA) is 106 Å². The average Bonchev–Trinajstić information content (AvgIpc) is 3.14. The van der Waals surface area contributed by atoms with E-state index in [9.17, 15) is 13.2 Å². The van der Waals surface area contributed by atoms with Crippen LogP contribution in [0.3, 0.4) is 0 Å². The summed E-state index contributed by atoms with van der Waals surface area (Å²) in [6.45, 7) is 8.87. The Morgan fingerprint density at radius 3 is 2.65 bits per heavy atom. The Morgan fingerprint density at radius 2 is 1.94 bits per heavy atom. The number of fused-ring (bicyclic) bond motifs is 1. The third-order valence-corrected chi connectivity index (χ3v) is 7.27. The Labute approximate surface area is 184 Å². The van der Waals surface area contributed by atoms with Gasteiger partial charge >= 0.3 is 0 Å². The van der Waals surface area contributed by atoms with Crippen LogP contribution < -0.4 is 10.0 Å². The number of aromatic nitrogens is 3. The molecule has 0 radical (unpaired) electrons. The van der Waals surface area contributed by atoms with Crippen LogP contribution >= 0.6 is 0 Å². The molecule has 1 aromatic carbocycles. The number of aryl methyl sites for hydroxylation is 4. The normalized spacial score (nSPS) is 15.0. The van der Waals surface area contributed by atoms with Crippen molar-refractivity contribution in [3.8, 4) is 0 Å². The number of hydrogen-bond donors (Lipinski definition) is 2. The van der Waals surface area contributed by atoms with Gasteiger partial charge in [0.1, 0.15) is 17.7 Å². The second-order valence-electron chi connectivity index (χ2n) is 8.62. The van der Waals surface area contributed by atoms with E-state index < -0.39 is 16.1 Å². The zero-order valence-electron chi connectivity index (χ0n) is 18.8. The van der Waals surface area contributed by atoms with E-state index in [2.05, 4.69) is 24.8 Å². The molecule has 1 amide bonds. The van der Waals surface area contributed by atoms with Crippen molar-refractivity contribution in [1.82, 2.24) is 24.8 Å². The molecule has 8 nitrogen and oxygen atoms in total. The van der Waals surface area contributed by atoms with Crippen LogP contribution in [-0.2, 0) is 34.2 Å². The van der Waals surface area contributed by atoms with Gasteiger partial charge in [-0.15, -0.1) is 10.2 Å². The number of hydrogen-bond acceptors (Lipinski definition) is 5. The second-order valence-corrected chi connectivity index (χ2v) is 10.3. The zero-order valence-corrected chi connectivity index (χ0v) is 19.6. The van der Waals surface area contributed by atoms with E-state index in [0.717, 1.165) is 61.4 Å². The monoisotopic (exact) mass is 447 g/mol. The summed E-state index contributed by atoms with van der Waals surface area (Å²) >= 11 is 0. The largest absolute Gasteiger partial charge is 0.355 e. The molecule has 2 N–H and O–H groups in total. The highest BCUT2D eigenvalue weighted by Crippen LogP contribution is 2.17. The first-order valence-corrected chi connectivity index (χ1v) is 12.5. The van der Waals surface area contributed by atoms with Gasteiger partial charge in [-0.2, -0.15) is 4.72 Å². The standard InChI is InChI=1S/C22H33N5O3S/c1-15(2)21(26-31(29,30)18-11-10-16(3)17(4)14-18)22(28)23-12-7-9-20-25-24-19-8-5-6-13-27(19)20/h10-11,14-15,21,26H,5-9,12-13H2,1-4H3,(H,23,28)/t21-/m1/s1. The fourth-order valence-electron chi connectivity index (χ4n) is 3.73. The lowest BCUT2D eigenvalue weighted by atomic mass is 10.1. The smallest absolute Gasteiger partial charge is 0.241 e. The lowest BCUT2D eigenvalue weighted by Gasteiger charge is -2.22. The number of nitrogens with one attached hydrogen (secondary N) is 2. The highest BCUT2D eigenvalue weighted by molar-refractivity contribution is 7.89. The Kier molecular flexibility index (Phi) is 7.48. The maximum Gasteiger partial charge on any atom is 0.241 e. The number of sulfonamides is 1. The van der Waals surface area contributed by atoms with Gasteiger partial charge in [0.15, 0.2) is 0 Å². The van der Waals surface area contributed by atoms with E-state index in [-0.39, 0.29) is 16.7 Å². The summed E-state index contributed by atoms with van der Waals surface area (Å²) < 4.78 is 30.4. The van der Waals surface area contributed by atoms with Crippen molar-refractivity contribution >= 4 is 15.9 Å². The molecule has 0 fully saturated rings. The average molecular weight is 448 g/mol. The van der Waals surface area contributed by atoms with Crippen molar-refractivity contribution in [3.05, 3.63) is 41.0 Å². The van der Waals surface area contributed by atoms with Crippen molar-refractivity contribution in [1.29, 1.82) is 0 Å². The van der Waals surface area contributed by atoms with Crippen molar-refractivity contribution in [3.63, 3.8) is 0 Å².